The van der Waals surface area contributed by atoms with Gasteiger partial charge in [-0.3, -0.25) is 4.79 Å². The molecule has 0 unspecified atom stereocenters. The van der Waals surface area contributed by atoms with Gasteiger partial charge in [0.15, 0.2) is 0 Å². The predicted molar refractivity (Wildman–Crippen MR) is 172 cm³/mol. The lowest BCUT2D eigenvalue weighted by Gasteiger charge is -2.30. The van der Waals surface area contributed by atoms with Crippen LogP contribution in [-0.4, -0.2) is 46.1 Å². The van der Waals surface area contributed by atoms with Crippen molar-refractivity contribution in [2.24, 2.45) is 5.92 Å². The number of amides is 2. The highest BCUT2D eigenvalue weighted by atomic mass is 16.6. The van der Waals surface area contributed by atoms with Gasteiger partial charge in [-0.15, -0.1) is 0 Å². The minimum atomic E-state index is -1.06. The van der Waals surface area contributed by atoms with Crippen LogP contribution in [0, 0.1) is 5.92 Å². The van der Waals surface area contributed by atoms with Gasteiger partial charge in [-0.2, -0.15) is 0 Å². The molecule has 7 heteroatoms. The summed E-state index contributed by atoms with van der Waals surface area (Å²) >= 11 is 0. The van der Waals surface area contributed by atoms with Crippen LogP contribution < -0.4 is 10.6 Å². The van der Waals surface area contributed by atoms with E-state index in [9.17, 15) is 19.8 Å². The predicted octanol–water partition coefficient (Wildman–Crippen LogP) is 5.66. The molecule has 5 atom stereocenters. The third-order valence-corrected chi connectivity index (χ3v) is 8.16. The molecule has 2 amide bonds. The lowest BCUT2D eigenvalue weighted by atomic mass is 9.88. The molecule has 0 aliphatic heterocycles. The van der Waals surface area contributed by atoms with E-state index in [1.807, 2.05) is 91.0 Å². The van der Waals surface area contributed by atoms with E-state index < -0.39 is 41.9 Å². The van der Waals surface area contributed by atoms with Crippen LogP contribution in [0.4, 0.5) is 4.79 Å². The van der Waals surface area contributed by atoms with E-state index >= 15 is 0 Å². The van der Waals surface area contributed by atoms with Crippen LogP contribution in [0.25, 0.3) is 10.8 Å². The average Bonchev–Trinajstić information content (AvgIpc) is 3.30. The SMILES string of the molecule is CC(C)(C)OC(=O)N[C@@H](Cc1ccc2ccccc2c1)[C@@H](O)C[C@@H](Cc1ccccc1)C(=O)N[C@H]1c2ccccc2C[C@H]1O. The molecule has 0 saturated heterocycles. The molecule has 0 bridgehead atoms. The largest absolute Gasteiger partial charge is 0.444 e. The lowest BCUT2D eigenvalue weighted by molar-refractivity contribution is -0.127. The molecule has 0 saturated carbocycles. The molecule has 4 aromatic carbocycles. The number of benzene rings is 4. The number of alkyl carbamates (subject to hydrolysis) is 1. The van der Waals surface area contributed by atoms with E-state index in [0.29, 0.717) is 19.3 Å². The quantitative estimate of drug-likeness (QED) is 0.190. The first kappa shape index (κ1) is 31.2. The molecule has 44 heavy (non-hydrogen) atoms. The van der Waals surface area contributed by atoms with Crippen molar-refractivity contribution in [3.63, 3.8) is 0 Å². The summed E-state index contributed by atoms with van der Waals surface area (Å²) in [6, 6.07) is 30.3. The van der Waals surface area contributed by atoms with E-state index in [1.165, 1.54) is 0 Å². The van der Waals surface area contributed by atoms with Crippen LogP contribution in [0.3, 0.4) is 0 Å². The van der Waals surface area contributed by atoms with Crippen molar-refractivity contribution in [3.8, 4) is 0 Å². The maximum absolute atomic E-state index is 13.9. The standard InChI is InChI=1S/C37H42N2O5/c1-37(2,3)44-36(43)38-31(21-25-17-18-26-13-7-8-14-27(26)20-25)32(40)23-29(19-24-11-5-4-6-12-24)35(42)39-34-30-16-10-9-15-28(30)22-33(34)41/h4-18,20,29,31-34,40-41H,19,21-23H2,1-3H3,(H,38,43)(H,39,42)/t29-,31+,32+,33-,34+/m1/s1. The Morgan fingerprint density at radius 2 is 1.55 bits per heavy atom. The maximum Gasteiger partial charge on any atom is 0.407 e. The van der Waals surface area contributed by atoms with Crippen LogP contribution in [0.1, 0.15) is 55.5 Å². The first-order valence-electron chi connectivity index (χ1n) is 15.3. The van der Waals surface area contributed by atoms with Crippen LogP contribution in [0.15, 0.2) is 97.1 Å². The third kappa shape index (κ3) is 8.04. The Labute approximate surface area is 259 Å². The maximum atomic E-state index is 13.9. The minimum absolute atomic E-state index is 0.0965. The van der Waals surface area contributed by atoms with Crippen LogP contribution in [0.2, 0.25) is 0 Å². The molecule has 0 aromatic heterocycles. The Bertz CT molecular complexity index is 1580. The van der Waals surface area contributed by atoms with E-state index in [0.717, 1.165) is 33.0 Å². The Balaban J connectivity index is 1.39. The van der Waals surface area contributed by atoms with Gasteiger partial charge in [-0.25, -0.2) is 4.79 Å². The normalized spacial score (nSPS) is 18.2. The summed E-state index contributed by atoms with van der Waals surface area (Å²) in [6.45, 7) is 5.37. The van der Waals surface area contributed by atoms with Gasteiger partial charge < -0.3 is 25.6 Å². The number of hydrogen-bond acceptors (Lipinski definition) is 5. The second-order valence-corrected chi connectivity index (χ2v) is 12.8. The minimum Gasteiger partial charge on any atom is -0.444 e. The summed E-state index contributed by atoms with van der Waals surface area (Å²) in [4.78, 5) is 26.8. The number of aliphatic hydroxyl groups excluding tert-OH is 2. The van der Waals surface area contributed by atoms with E-state index in [2.05, 4.69) is 16.7 Å². The van der Waals surface area contributed by atoms with Crippen molar-refractivity contribution < 1.29 is 24.5 Å². The molecule has 1 aliphatic rings. The van der Waals surface area contributed by atoms with Crippen molar-refractivity contribution >= 4 is 22.8 Å². The first-order valence-corrected chi connectivity index (χ1v) is 15.3. The number of aliphatic hydroxyl groups is 2. The van der Waals surface area contributed by atoms with E-state index in [-0.39, 0.29) is 12.3 Å². The molecule has 1 aliphatic carbocycles. The number of carbonyl (C=O) groups excluding carboxylic acids is 2. The summed E-state index contributed by atoms with van der Waals surface area (Å²) in [6.07, 6.45) is -1.11. The molecule has 7 nitrogen and oxygen atoms in total. The fourth-order valence-corrected chi connectivity index (χ4v) is 6.02. The van der Waals surface area contributed by atoms with Gasteiger partial charge >= 0.3 is 6.09 Å². The second kappa shape index (κ2) is 13.6. The molecule has 5 rings (SSSR count). The zero-order valence-electron chi connectivity index (χ0n) is 25.6. The molecule has 4 N–H and O–H groups in total. The van der Waals surface area contributed by atoms with Crippen molar-refractivity contribution in [2.75, 3.05) is 0 Å². The van der Waals surface area contributed by atoms with Gasteiger partial charge in [0.05, 0.1) is 24.3 Å². The highest BCUT2D eigenvalue weighted by molar-refractivity contribution is 5.83. The summed E-state index contributed by atoms with van der Waals surface area (Å²) in [5, 5.41) is 30.6. The molecule has 0 spiro atoms. The number of nitrogens with one attached hydrogen (secondary N) is 2. The van der Waals surface area contributed by atoms with Gasteiger partial charge in [0.2, 0.25) is 5.91 Å². The van der Waals surface area contributed by atoms with Gasteiger partial charge in [-0.1, -0.05) is 97.1 Å². The van der Waals surface area contributed by atoms with Crippen molar-refractivity contribution in [1.82, 2.24) is 10.6 Å². The molecule has 4 aromatic rings. The zero-order valence-corrected chi connectivity index (χ0v) is 25.6. The first-order chi connectivity index (χ1) is 21.1. The number of carbonyl (C=O) groups is 2. The van der Waals surface area contributed by atoms with Gasteiger partial charge in [0.1, 0.15) is 5.60 Å². The highest BCUT2D eigenvalue weighted by Gasteiger charge is 2.35. The third-order valence-electron chi connectivity index (χ3n) is 8.16. The zero-order chi connectivity index (χ0) is 31.3. The van der Waals surface area contributed by atoms with Gasteiger partial charge in [0.25, 0.3) is 0 Å². The second-order valence-electron chi connectivity index (χ2n) is 12.8. The molecule has 230 valence electrons. The fourth-order valence-electron chi connectivity index (χ4n) is 6.02. The number of fused-ring (bicyclic) bond motifs is 2. The highest BCUT2D eigenvalue weighted by Crippen LogP contribution is 2.32. The van der Waals surface area contributed by atoms with E-state index in [1.54, 1.807) is 20.8 Å². The smallest absolute Gasteiger partial charge is 0.407 e. The molecule has 0 fully saturated rings. The van der Waals surface area contributed by atoms with Crippen molar-refractivity contribution in [2.45, 2.75) is 76.3 Å². The Kier molecular flexibility index (Phi) is 9.67. The van der Waals surface area contributed by atoms with Crippen LogP contribution >= 0.6 is 0 Å². The van der Waals surface area contributed by atoms with E-state index in [4.69, 9.17) is 4.74 Å². The van der Waals surface area contributed by atoms with Crippen LogP contribution in [-0.2, 0) is 28.8 Å². The summed E-state index contributed by atoms with van der Waals surface area (Å²) in [5.41, 5.74) is 3.11. The molecular formula is C37H42N2O5. The lowest BCUT2D eigenvalue weighted by Crippen LogP contribution is -2.48. The number of hydrogen-bond donors (Lipinski definition) is 4. The fraction of sp³-hybridized carbons (Fsp3) is 0.351. The Morgan fingerprint density at radius 3 is 2.30 bits per heavy atom. The van der Waals surface area contributed by atoms with Gasteiger partial charge in [-0.05, 0) is 73.1 Å². The summed E-state index contributed by atoms with van der Waals surface area (Å²) in [5.74, 6) is -0.873. The summed E-state index contributed by atoms with van der Waals surface area (Å²) in [7, 11) is 0. The Morgan fingerprint density at radius 1 is 0.864 bits per heavy atom. The van der Waals surface area contributed by atoms with Crippen LogP contribution in [0.5, 0.6) is 0 Å². The molecule has 0 heterocycles. The number of rotatable bonds is 10. The van der Waals surface area contributed by atoms with Crippen molar-refractivity contribution in [1.29, 1.82) is 0 Å². The molecule has 0 radical (unpaired) electrons. The van der Waals surface area contributed by atoms with Crippen molar-refractivity contribution in [3.05, 3.63) is 119 Å². The summed E-state index contributed by atoms with van der Waals surface area (Å²) < 4.78 is 5.54. The average molecular weight is 595 g/mol. The van der Waals surface area contributed by atoms with Gasteiger partial charge in [0, 0.05) is 12.3 Å². The number of ether oxygens (including phenoxy) is 1. The molecular weight excluding hydrogens is 552 g/mol. The Hall–Kier alpha value is -4.20. The monoisotopic (exact) mass is 594 g/mol. The topological polar surface area (TPSA) is 108 Å².